The number of hydrogen-bond acceptors (Lipinski definition) is 7. The monoisotopic (exact) mass is 621 g/mol. The number of β-amino-alcohol motifs (C(OH)–C–C–N with tert-alkyl or cyclic N) is 2. The number of benzene rings is 2. The zero-order valence-corrected chi connectivity index (χ0v) is 24.6. The standard InChI is InChI=1S/C30H35F4N5O3S/c1-43-38-12-10-27-25(18-38)28(36-39(27)17-24(41)16-37-11-2-3-23(40)15-37)20-6-9-26(30(32,33)34)21(13-20)14-35-29(42)19-4-7-22(31)8-5-19/h4-9,13,23-24,40-41H,2-3,10-12,14-18H2,1H3,(H,35,42). The topological polar surface area (TPSA) is 93.9 Å². The number of aliphatic hydroxyl groups excluding tert-OH is 2. The highest BCUT2D eigenvalue weighted by molar-refractivity contribution is 7.96. The van der Waals surface area contributed by atoms with Gasteiger partial charge in [-0.2, -0.15) is 18.3 Å². The summed E-state index contributed by atoms with van der Waals surface area (Å²) in [4.78, 5) is 14.6. The highest BCUT2D eigenvalue weighted by Crippen LogP contribution is 2.37. The maximum atomic E-state index is 14.0. The van der Waals surface area contributed by atoms with Crippen LogP contribution in [-0.4, -0.2) is 79.7 Å². The fourth-order valence-corrected chi connectivity index (χ4v) is 6.33. The van der Waals surface area contributed by atoms with Crippen LogP contribution < -0.4 is 5.32 Å². The first kappa shape index (κ1) is 31.5. The molecular formula is C30H35F4N5O3S. The van der Waals surface area contributed by atoms with Crippen LogP contribution in [0.1, 0.15) is 45.6 Å². The van der Waals surface area contributed by atoms with E-state index < -0.39 is 35.7 Å². The molecule has 0 spiro atoms. The van der Waals surface area contributed by atoms with Gasteiger partial charge in [-0.3, -0.25) is 14.4 Å². The summed E-state index contributed by atoms with van der Waals surface area (Å²) in [5.41, 5.74) is 1.98. The molecule has 0 saturated carbocycles. The summed E-state index contributed by atoms with van der Waals surface area (Å²) >= 11 is 1.58. The summed E-state index contributed by atoms with van der Waals surface area (Å²) in [6, 6.07) is 8.57. The van der Waals surface area contributed by atoms with Crippen molar-refractivity contribution in [3.63, 3.8) is 0 Å². The molecule has 13 heteroatoms. The lowest BCUT2D eigenvalue weighted by atomic mass is 9.97. The number of likely N-dealkylation sites (tertiary alicyclic amines) is 1. The van der Waals surface area contributed by atoms with Crippen molar-refractivity contribution in [2.75, 3.05) is 32.4 Å². The number of aromatic nitrogens is 2. The Morgan fingerprint density at radius 3 is 2.63 bits per heavy atom. The van der Waals surface area contributed by atoms with Gasteiger partial charge in [-0.25, -0.2) is 8.70 Å². The van der Waals surface area contributed by atoms with Crippen LogP contribution in [0, 0.1) is 5.82 Å². The van der Waals surface area contributed by atoms with Crippen molar-refractivity contribution in [3.05, 3.63) is 76.2 Å². The van der Waals surface area contributed by atoms with Crippen LogP contribution in [-0.2, 0) is 32.2 Å². The van der Waals surface area contributed by atoms with Crippen LogP contribution in [0.4, 0.5) is 17.6 Å². The van der Waals surface area contributed by atoms with Crippen LogP contribution in [0.3, 0.4) is 0 Å². The number of fused-ring (bicyclic) bond motifs is 1. The van der Waals surface area contributed by atoms with Gasteiger partial charge in [0.25, 0.3) is 5.91 Å². The third-order valence-electron chi connectivity index (χ3n) is 7.92. The average Bonchev–Trinajstić information content (AvgIpc) is 3.32. The van der Waals surface area contributed by atoms with E-state index in [1.165, 1.54) is 24.3 Å². The second-order valence-corrected chi connectivity index (χ2v) is 11.9. The SMILES string of the molecule is CSN1CCc2c(c(-c3ccc(C(F)(F)F)c(CNC(=O)c4ccc(F)cc4)c3)nn2CC(O)CN2CCCC(O)C2)C1. The second kappa shape index (κ2) is 13.3. The number of rotatable bonds is 9. The molecule has 1 aromatic heterocycles. The van der Waals surface area contributed by atoms with Crippen LogP contribution in [0.25, 0.3) is 11.3 Å². The van der Waals surface area contributed by atoms with Crippen molar-refractivity contribution in [1.29, 1.82) is 0 Å². The minimum Gasteiger partial charge on any atom is -0.392 e. The lowest BCUT2D eigenvalue weighted by molar-refractivity contribution is -0.138. The van der Waals surface area contributed by atoms with E-state index in [1.54, 1.807) is 16.6 Å². The lowest BCUT2D eigenvalue weighted by Crippen LogP contribution is -2.43. The summed E-state index contributed by atoms with van der Waals surface area (Å²) in [7, 11) is 0. The molecule has 3 N–H and O–H groups in total. The molecule has 232 valence electrons. The van der Waals surface area contributed by atoms with Crippen molar-refractivity contribution >= 4 is 17.9 Å². The molecule has 43 heavy (non-hydrogen) atoms. The first-order valence-electron chi connectivity index (χ1n) is 14.2. The zero-order valence-electron chi connectivity index (χ0n) is 23.8. The van der Waals surface area contributed by atoms with Gasteiger partial charge in [-0.1, -0.05) is 18.0 Å². The quantitative estimate of drug-likeness (QED) is 0.245. The minimum atomic E-state index is -4.64. The number of hydrogen-bond donors (Lipinski definition) is 3. The molecule has 1 saturated heterocycles. The first-order chi connectivity index (χ1) is 20.5. The highest BCUT2D eigenvalue weighted by atomic mass is 32.2. The minimum absolute atomic E-state index is 0.120. The number of piperidine rings is 1. The molecule has 2 aliphatic rings. The smallest absolute Gasteiger partial charge is 0.392 e. The molecule has 2 aliphatic heterocycles. The molecule has 8 nitrogen and oxygen atoms in total. The fourth-order valence-electron chi connectivity index (χ4n) is 5.80. The maximum absolute atomic E-state index is 14.0. The number of halogens is 4. The number of amides is 1. The first-order valence-corrected chi connectivity index (χ1v) is 15.4. The Kier molecular flexibility index (Phi) is 9.76. The lowest BCUT2D eigenvalue weighted by Gasteiger charge is -2.31. The van der Waals surface area contributed by atoms with Crippen molar-refractivity contribution in [2.45, 2.75) is 57.3 Å². The van der Waals surface area contributed by atoms with Crippen molar-refractivity contribution in [2.24, 2.45) is 0 Å². The summed E-state index contributed by atoms with van der Waals surface area (Å²) in [5.74, 6) is -1.14. The van der Waals surface area contributed by atoms with Gasteiger partial charge in [0.05, 0.1) is 30.0 Å². The van der Waals surface area contributed by atoms with E-state index in [9.17, 15) is 32.6 Å². The van der Waals surface area contributed by atoms with Gasteiger partial charge in [0.2, 0.25) is 0 Å². The normalized spacial score (nSPS) is 18.8. The molecule has 2 unspecified atom stereocenters. The van der Waals surface area contributed by atoms with Gasteiger partial charge < -0.3 is 15.5 Å². The largest absolute Gasteiger partial charge is 0.416 e. The number of alkyl halides is 3. The molecule has 0 bridgehead atoms. The Morgan fingerprint density at radius 1 is 1.16 bits per heavy atom. The number of aliphatic hydroxyl groups is 2. The van der Waals surface area contributed by atoms with E-state index in [2.05, 4.69) is 9.62 Å². The molecule has 3 aromatic rings. The van der Waals surface area contributed by atoms with E-state index in [1.807, 2.05) is 11.2 Å². The Labute approximate surface area is 251 Å². The van der Waals surface area contributed by atoms with Crippen LogP contribution in [0.2, 0.25) is 0 Å². The van der Waals surface area contributed by atoms with Crippen LogP contribution in [0.5, 0.6) is 0 Å². The molecular weight excluding hydrogens is 586 g/mol. The number of nitrogens with zero attached hydrogens (tertiary/aromatic N) is 4. The molecule has 0 aliphatic carbocycles. The molecule has 2 aromatic carbocycles. The van der Waals surface area contributed by atoms with Gasteiger partial charge in [-0.15, -0.1) is 0 Å². The fraction of sp³-hybridized carbons (Fsp3) is 0.467. The summed E-state index contributed by atoms with van der Waals surface area (Å²) < 4.78 is 59.1. The average molecular weight is 622 g/mol. The van der Waals surface area contributed by atoms with Gasteiger partial charge in [0, 0.05) is 61.5 Å². The van der Waals surface area contributed by atoms with Crippen LogP contribution >= 0.6 is 11.9 Å². The van der Waals surface area contributed by atoms with Crippen LogP contribution in [0.15, 0.2) is 42.5 Å². The van der Waals surface area contributed by atoms with Crippen molar-refractivity contribution in [1.82, 2.24) is 24.3 Å². The predicted octanol–water partition coefficient (Wildman–Crippen LogP) is 4.09. The Hall–Kier alpha value is -2.97. The molecule has 2 atom stereocenters. The maximum Gasteiger partial charge on any atom is 0.416 e. The number of carbonyl (C=O) groups is 1. The van der Waals surface area contributed by atoms with E-state index in [4.69, 9.17) is 5.10 Å². The van der Waals surface area contributed by atoms with Crippen molar-refractivity contribution in [3.8, 4) is 11.3 Å². The molecule has 3 heterocycles. The van der Waals surface area contributed by atoms with Gasteiger partial charge in [0.15, 0.2) is 0 Å². The zero-order chi connectivity index (χ0) is 30.7. The van der Waals surface area contributed by atoms with Gasteiger partial charge in [-0.05, 0) is 67.6 Å². The molecule has 1 fully saturated rings. The Balaban J connectivity index is 1.43. The van der Waals surface area contributed by atoms with Gasteiger partial charge >= 0.3 is 6.18 Å². The van der Waals surface area contributed by atoms with E-state index in [0.717, 1.165) is 55.4 Å². The Morgan fingerprint density at radius 2 is 1.93 bits per heavy atom. The molecule has 5 rings (SSSR count). The summed E-state index contributed by atoms with van der Waals surface area (Å²) in [6.45, 7) is 2.82. The predicted molar refractivity (Wildman–Crippen MR) is 156 cm³/mol. The van der Waals surface area contributed by atoms with E-state index in [-0.39, 0.29) is 24.2 Å². The Bertz CT molecular complexity index is 1430. The molecule has 0 radical (unpaired) electrons. The second-order valence-electron chi connectivity index (χ2n) is 11.0. The number of nitrogens with one attached hydrogen (secondary N) is 1. The van der Waals surface area contributed by atoms with E-state index >= 15 is 0 Å². The van der Waals surface area contributed by atoms with Gasteiger partial charge in [0.1, 0.15) is 5.82 Å². The van der Waals surface area contributed by atoms with E-state index in [0.29, 0.717) is 37.3 Å². The molecule has 1 amide bonds. The third kappa shape index (κ3) is 7.58. The highest BCUT2D eigenvalue weighted by Gasteiger charge is 2.34. The van der Waals surface area contributed by atoms with Crippen molar-refractivity contribution < 1.29 is 32.6 Å². The summed E-state index contributed by atoms with van der Waals surface area (Å²) in [5, 5.41) is 28.3. The summed E-state index contributed by atoms with van der Waals surface area (Å²) in [6.07, 6.45) is -1.55. The number of carbonyl (C=O) groups excluding carboxylic acids is 1. The third-order valence-corrected chi connectivity index (χ3v) is 8.75.